The van der Waals surface area contributed by atoms with Crippen LogP contribution in [-0.2, 0) is 42.6 Å². The fourth-order valence-electron chi connectivity index (χ4n) is 3.80. The Bertz CT molecular complexity index is 1710. The number of amidine groups is 1. The molecule has 0 saturated carbocycles. The number of thiazole rings is 1. The molecule has 0 aliphatic carbocycles. The molecule has 4 rings (SSSR count). The summed E-state index contributed by atoms with van der Waals surface area (Å²) in [4.78, 5) is 47.9. The third-order valence-electron chi connectivity index (χ3n) is 5.94. The zero-order chi connectivity index (χ0) is 32.2. The number of aliphatic carboxylic acids is 1. The fraction of sp³-hybridized carbons (Fsp3) is 0.273. The Morgan fingerprint density at radius 2 is 1.98 bits per heavy atom. The summed E-state index contributed by atoms with van der Waals surface area (Å²) in [6.45, 7) is -0.910. The molecule has 44 heavy (non-hydrogen) atoms. The van der Waals surface area contributed by atoms with Gasteiger partial charge in [-0.1, -0.05) is 5.16 Å². The molecule has 3 aromatic rings. The van der Waals surface area contributed by atoms with Crippen molar-refractivity contribution in [1.29, 1.82) is 5.41 Å². The topological polar surface area (TPSA) is 317 Å². The highest BCUT2D eigenvalue weighted by molar-refractivity contribution is 7.84. The van der Waals surface area contributed by atoms with Crippen LogP contribution in [0.1, 0.15) is 17.0 Å². The highest BCUT2D eigenvalue weighted by atomic mass is 32.2. The SMILES string of the molecule is N=C(N)c1ccc(OCC(O/N=C(\C(=O)N[C@@H]2C(=O)N(S(=O)(=O)O)[C@@H]2Cn2ncc(CN)n2)c2csc(N)n2)C(=O)O)cc1. The number of nitrogens with two attached hydrogens (primary N) is 3. The Labute approximate surface area is 251 Å². The molecule has 234 valence electrons. The first kappa shape index (κ1) is 31.7. The third-order valence-corrected chi connectivity index (χ3v) is 7.56. The Kier molecular flexibility index (Phi) is 9.37. The van der Waals surface area contributed by atoms with E-state index in [2.05, 4.69) is 25.7 Å². The second-order valence-electron chi connectivity index (χ2n) is 8.92. The maximum absolute atomic E-state index is 13.3. The molecule has 10 N–H and O–H groups in total. The van der Waals surface area contributed by atoms with Crippen LogP contribution in [0.5, 0.6) is 5.75 Å². The number of benzene rings is 1. The quantitative estimate of drug-likeness (QED) is 0.0312. The maximum atomic E-state index is 13.3. The molecule has 22 heteroatoms. The van der Waals surface area contributed by atoms with Crippen molar-refractivity contribution in [3.63, 3.8) is 0 Å². The minimum atomic E-state index is -5.03. The van der Waals surface area contributed by atoms with E-state index >= 15 is 0 Å². The van der Waals surface area contributed by atoms with Crippen LogP contribution in [0, 0.1) is 5.41 Å². The van der Waals surface area contributed by atoms with Crippen molar-refractivity contribution in [3.05, 3.63) is 52.8 Å². The maximum Gasteiger partial charge on any atom is 0.362 e. The first-order valence-electron chi connectivity index (χ1n) is 12.2. The third kappa shape index (κ3) is 7.23. The lowest BCUT2D eigenvalue weighted by Crippen LogP contribution is -2.73. The number of amides is 2. The van der Waals surface area contributed by atoms with Crippen LogP contribution in [0.3, 0.4) is 0 Å². The van der Waals surface area contributed by atoms with Crippen molar-refractivity contribution < 1.29 is 42.0 Å². The Morgan fingerprint density at radius 3 is 2.52 bits per heavy atom. The average molecular weight is 652 g/mol. The minimum Gasteiger partial charge on any atom is -0.489 e. The molecule has 3 atom stereocenters. The molecule has 0 radical (unpaired) electrons. The molecular formula is C22H25N11O9S2. The number of hydrogen-bond acceptors (Lipinski definition) is 15. The number of hydrogen-bond donors (Lipinski definition) is 7. The predicted molar refractivity (Wildman–Crippen MR) is 151 cm³/mol. The molecule has 0 bridgehead atoms. The van der Waals surface area contributed by atoms with Gasteiger partial charge >= 0.3 is 16.3 Å². The van der Waals surface area contributed by atoms with Gasteiger partial charge in [-0.05, 0) is 24.3 Å². The standard InChI is InChI=1S/C22H25N11O9S2/c23-5-11-6-27-32(30-11)7-14-17(20(35)33(14)44(38,39)40)29-19(34)16(13-9-43-22(26)28-13)31-42-15(21(36)37)8-41-12-3-1-10(2-4-12)18(24)25/h1-4,6,9,14-15,17H,5,7-8,23H2,(H3,24,25)(H2,26,28)(H,29,34)(H,36,37)(H,38,39,40)/b31-16-/t14-,15?,17+/m1/s1. The number of nitrogens with one attached hydrogen (secondary N) is 2. The molecule has 1 saturated heterocycles. The fourth-order valence-corrected chi connectivity index (χ4v) is 5.22. The van der Waals surface area contributed by atoms with Gasteiger partial charge in [-0.2, -0.15) is 23.4 Å². The molecule has 1 aromatic carbocycles. The number of carbonyl (C=O) groups excluding carboxylic acids is 2. The van der Waals surface area contributed by atoms with Crippen LogP contribution in [0.15, 0.2) is 41.0 Å². The van der Waals surface area contributed by atoms with E-state index in [1.54, 1.807) is 0 Å². The first-order valence-corrected chi connectivity index (χ1v) is 14.5. The Hall–Kier alpha value is -5.19. The van der Waals surface area contributed by atoms with E-state index in [0.717, 1.165) is 16.1 Å². The van der Waals surface area contributed by atoms with E-state index in [4.69, 9.17) is 32.2 Å². The number of rotatable bonds is 14. The lowest BCUT2D eigenvalue weighted by atomic mass is 9.98. The average Bonchev–Trinajstić information content (AvgIpc) is 3.61. The number of carbonyl (C=O) groups is 3. The molecule has 1 aliphatic heterocycles. The molecule has 1 fully saturated rings. The van der Waals surface area contributed by atoms with Crippen LogP contribution in [0.25, 0.3) is 0 Å². The van der Waals surface area contributed by atoms with E-state index in [-0.39, 0.29) is 39.8 Å². The van der Waals surface area contributed by atoms with Crippen molar-refractivity contribution in [2.45, 2.75) is 31.3 Å². The van der Waals surface area contributed by atoms with Gasteiger partial charge in [-0.15, -0.1) is 11.3 Å². The van der Waals surface area contributed by atoms with Crippen molar-refractivity contribution >= 4 is 56.1 Å². The second-order valence-corrected chi connectivity index (χ2v) is 11.1. The van der Waals surface area contributed by atoms with Gasteiger partial charge in [0.15, 0.2) is 10.8 Å². The normalized spacial score (nSPS) is 17.5. The van der Waals surface area contributed by atoms with Crippen molar-refractivity contribution in [2.24, 2.45) is 16.6 Å². The highest BCUT2D eigenvalue weighted by Crippen LogP contribution is 2.25. The van der Waals surface area contributed by atoms with Crippen molar-refractivity contribution in [1.82, 2.24) is 29.6 Å². The van der Waals surface area contributed by atoms with Gasteiger partial charge in [0.25, 0.3) is 17.9 Å². The van der Waals surface area contributed by atoms with E-state index in [1.165, 1.54) is 35.8 Å². The Morgan fingerprint density at radius 1 is 1.27 bits per heavy atom. The second kappa shape index (κ2) is 13.0. The molecule has 20 nitrogen and oxygen atoms in total. The van der Waals surface area contributed by atoms with Crippen molar-refractivity contribution in [2.75, 3.05) is 12.3 Å². The summed E-state index contributed by atoms with van der Waals surface area (Å²) < 4.78 is 38.9. The van der Waals surface area contributed by atoms with E-state index in [0.29, 0.717) is 11.3 Å². The number of nitrogen functional groups attached to an aromatic ring is 2. The molecule has 2 aromatic heterocycles. The smallest absolute Gasteiger partial charge is 0.362 e. The van der Waals surface area contributed by atoms with Gasteiger partial charge < -0.3 is 37.2 Å². The summed E-state index contributed by atoms with van der Waals surface area (Å²) in [6.07, 6.45) is -0.429. The van der Waals surface area contributed by atoms with Gasteiger partial charge in [0.05, 0.1) is 18.4 Å². The van der Waals surface area contributed by atoms with Crippen molar-refractivity contribution in [3.8, 4) is 5.75 Å². The summed E-state index contributed by atoms with van der Waals surface area (Å²) in [5.74, 6) is -3.75. The van der Waals surface area contributed by atoms with Crippen LogP contribution < -0.4 is 27.3 Å². The monoisotopic (exact) mass is 651 g/mol. The van der Waals surface area contributed by atoms with Crippen LogP contribution in [0.2, 0.25) is 0 Å². The predicted octanol–water partition coefficient (Wildman–Crippen LogP) is -2.49. The van der Waals surface area contributed by atoms with Gasteiger partial charge in [-0.25, -0.2) is 14.1 Å². The minimum absolute atomic E-state index is 0.0169. The molecule has 0 spiro atoms. The number of carboxylic acids is 1. The zero-order valence-electron chi connectivity index (χ0n) is 22.3. The number of ether oxygens (including phenoxy) is 1. The zero-order valence-corrected chi connectivity index (χ0v) is 23.9. The van der Waals surface area contributed by atoms with Crippen LogP contribution in [0.4, 0.5) is 5.13 Å². The number of carboxylic acid groups (broad SMARTS) is 1. The number of β-lactam (4-membered cyclic amide) rings is 1. The Balaban J connectivity index is 1.53. The number of aromatic nitrogens is 4. The summed E-state index contributed by atoms with van der Waals surface area (Å²) in [5.41, 5.74) is 16.6. The molecule has 1 unspecified atom stereocenters. The first-order chi connectivity index (χ1) is 20.8. The molecule has 2 amide bonds. The summed E-state index contributed by atoms with van der Waals surface area (Å²) in [7, 11) is -5.03. The van der Waals surface area contributed by atoms with Crippen LogP contribution >= 0.6 is 11.3 Å². The van der Waals surface area contributed by atoms with Gasteiger partial charge in [-0.3, -0.25) is 19.6 Å². The number of oxime groups is 1. The number of anilines is 1. The molecule has 1 aliphatic rings. The summed E-state index contributed by atoms with van der Waals surface area (Å²) >= 11 is 0.919. The highest BCUT2D eigenvalue weighted by Gasteiger charge is 2.54. The number of nitrogens with zero attached hydrogens (tertiary/aromatic N) is 6. The lowest BCUT2D eigenvalue weighted by Gasteiger charge is -2.43. The van der Waals surface area contributed by atoms with Crippen LogP contribution in [-0.4, -0.2) is 96.5 Å². The summed E-state index contributed by atoms with van der Waals surface area (Å²) in [5, 5.41) is 32.3. The molecular weight excluding hydrogens is 626 g/mol. The van der Waals surface area contributed by atoms with Gasteiger partial charge in [0.1, 0.15) is 36.0 Å². The molecule has 3 heterocycles. The van der Waals surface area contributed by atoms with E-state index in [9.17, 15) is 32.5 Å². The lowest BCUT2D eigenvalue weighted by molar-refractivity contribution is -0.152. The van der Waals surface area contributed by atoms with Gasteiger partial charge in [0, 0.05) is 17.5 Å². The van der Waals surface area contributed by atoms with E-state index in [1.807, 2.05) is 0 Å². The largest absolute Gasteiger partial charge is 0.489 e. The van der Waals surface area contributed by atoms with E-state index < -0.39 is 58.6 Å². The van der Waals surface area contributed by atoms with Gasteiger partial charge in [0.2, 0.25) is 0 Å². The summed E-state index contributed by atoms with van der Waals surface area (Å²) in [6, 6.07) is 2.99.